The maximum absolute atomic E-state index is 12.9. The second-order valence-electron chi connectivity index (χ2n) is 23.7. The lowest BCUT2D eigenvalue weighted by molar-refractivity contribution is -0.870. The molecule has 2 unspecified atom stereocenters. The third kappa shape index (κ3) is 65.2. The maximum atomic E-state index is 12.9. The van der Waals surface area contributed by atoms with E-state index in [1.54, 1.807) is 0 Å². The average molecular weight is 1170 g/mol. The zero-order chi connectivity index (χ0) is 61.2. The van der Waals surface area contributed by atoms with Gasteiger partial charge in [0.1, 0.15) is 13.2 Å². The molecule has 0 bridgehead atoms. The highest BCUT2D eigenvalue weighted by Gasteiger charge is 2.22. The van der Waals surface area contributed by atoms with Crippen molar-refractivity contribution in [2.75, 3.05) is 47.5 Å². The van der Waals surface area contributed by atoms with Crippen LogP contribution in [0.3, 0.4) is 0 Å². The molecule has 0 rings (SSSR count). The molecule has 0 aliphatic carbocycles. The number of hydrogen-bond acceptors (Lipinski definition) is 8. The van der Waals surface area contributed by atoms with Crippen molar-refractivity contribution in [1.82, 2.24) is 0 Å². The molecule has 0 heterocycles. The molecule has 0 aliphatic heterocycles. The van der Waals surface area contributed by atoms with Gasteiger partial charge in [-0.05, 0) is 89.9 Å². The van der Waals surface area contributed by atoms with Gasteiger partial charge in [0.15, 0.2) is 12.4 Å². The second kappa shape index (κ2) is 64.7. The molecule has 0 saturated heterocycles. The summed E-state index contributed by atoms with van der Waals surface area (Å²) in [5, 5.41) is 11.8. The van der Waals surface area contributed by atoms with Gasteiger partial charge in [0.2, 0.25) is 0 Å². The Bertz CT molecular complexity index is 1790. The molecule has 2 atom stereocenters. The second-order valence-corrected chi connectivity index (χ2v) is 23.7. The van der Waals surface area contributed by atoms with Gasteiger partial charge in [-0.1, -0.05) is 296 Å². The zero-order valence-electron chi connectivity index (χ0n) is 54.7. The van der Waals surface area contributed by atoms with Crippen LogP contribution in [0.5, 0.6) is 0 Å². The summed E-state index contributed by atoms with van der Waals surface area (Å²) in [6.45, 7) is 4.64. The van der Waals surface area contributed by atoms with Crippen molar-refractivity contribution < 1.29 is 42.9 Å². The minimum absolute atomic E-state index is 0.140. The smallest absolute Gasteiger partial charge is 0.306 e. The van der Waals surface area contributed by atoms with Crippen LogP contribution in [0.25, 0.3) is 0 Å². The molecule has 9 heteroatoms. The van der Waals surface area contributed by atoms with E-state index in [1.165, 1.54) is 122 Å². The number of carbonyl (C=O) groups is 3. The lowest BCUT2D eigenvalue weighted by Crippen LogP contribution is -2.44. The summed E-state index contributed by atoms with van der Waals surface area (Å²) in [4.78, 5) is 37.4. The summed E-state index contributed by atoms with van der Waals surface area (Å²) in [6, 6.07) is 0. The molecular formula is C75H127NO8. The number of likely N-dealkylation sites (N-methyl/N-ethyl adjacent to an activating group) is 1. The Labute approximate surface area is 517 Å². The van der Waals surface area contributed by atoms with Crippen molar-refractivity contribution >= 4 is 17.9 Å². The van der Waals surface area contributed by atoms with Crippen LogP contribution in [0.15, 0.2) is 122 Å². The third-order valence-electron chi connectivity index (χ3n) is 14.5. The summed E-state index contributed by atoms with van der Waals surface area (Å²) >= 11 is 0. The number of aliphatic carboxylic acids is 1. The predicted octanol–water partition coefficient (Wildman–Crippen LogP) is 19.9. The highest BCUT2D eigenvalue weighted by molar-refractivity contribution is 5.70. The average Bonchev–Trinajstić information content (AvgIpc) is 3.55. The maximum Gasteiger partial charge on any atom is 0.306 e. The monoisotopic (exact) mass is 1170 g/mol. The number of ether oxygens (including phenoxy) is 4. The first-order valence-corrected chi connectivity index (χ1v) is 34.2. The number of carboxylic acid groups (broad SMARTS) is 1. The van der Waals surface area contributed by atoms with E-state index in [4.69, 9.17) is 18.9 Å². The normalized spacial score (nSPS) is 13.5. The lowest BCUT2D eigenvalue weighted by atomic mass is 10.0. The fourth-order valence-electron chi connectivity index (χ4n) is 9.27. The topological polar surface area (TPSA) is 111 Å². The standard InChI is InChI=1S/C75H127NO8/c1-6-8-10-12-14-16-18-20-22-24-26-28-30-31-32-33-34-35-36-37-38-39-40-41-42-43-44-46-48-50-52-54-56-58-60-62-64-66-73(78)84-71(70-83-75(74(79)80)81-68-67-76(3,4)5)69-82-72(77)65-63-61-59-57-55-53-51-49-47-45-29-27-25-23-21-19-17-15-13-11-9-7-2/h8,10,14,16,20,22,26,28,31-32,34-35,37-38,40-41,43-44,48,50,71,75H,6-7,9,11-13,15,17-19,21,23-25,27,29-30,33,36,39,42,45-47,49,51-70H2,1-5H3/b10-8-,16-14-,22-20-,28-26-,32-31-,35-34-,38-37-,41-40-,44-43-,50-48-. The quantitative estimate of drug-likeness (QED) is 0.0195. The summed E-state index contributed by atoms with van der Waals surface area (Å²) in [5.74, 6) is -2.30. The third-order valence-corrected chi connectivity index (χ3v) is 14.5. The van der Waals surface area contributed by atoms with Crippen molar-refractivity contribution in [3.63, 3.8) is 0 Å². The van der Waals surface area contributed by atoms with Crippen molar-refractivity contribution in [3.05, 3.63) is 122 Å². The summed E-state index contributed by atoms with van der Waals surface area (Å²) < 4.78 is 22.8. The van der Waals surface area contributed by atoms with Crippen molar-refractivity contribution in [3.8, 4) is 0 Å². The highest BCUT2D eigenvalue weighted by Crippen LogP contribution is 2.17. The minimum Gasteiger partial charge on any atom is -0.545 e. The molecule has 0 radical (unpaired) electrons. The molecule has 0 aliphatic rings. The molecular weight excluding hydrogens is 1040 g/mol. The molecule has 0 spiro atoms. The molecule has 0 aromatic heterocycles. The van der Waals surface area contributed by atoms with E-state index in [2.05, 4.69) is 135 Å². The van der Waals surface area contributed by atoms with Crippen molar-refractivity contribution in [2.45, 2.75) is 289 Å². The number of quaternary nitrogens is 1. The van der Waals surface area contributed by atoms with Gasteiger partial charge >= 0.3 is 11.9 Å². The van der Waals surface area contributed by atoms with E-state index in [9.17, 15) is 19.5 Å². The Morgan fingerprint density at radius 1 is 0.369 bits per heavy atom. The van der Waals surface area contributed by atoms with Crippen LogP contribution < -0.4 is 5.11 Å². The molecule has 9 nitrogen and oxygen atoms in total. The summed E-state index contributed by atoms with van der Waals surface area (Å²) in [6.07, 6.45) is 88.4. The van der Waals surface area contributed by atoms with Gasteiger partial charge in [-0.3, -0.25) is 9.59 Å². The fraction of sp³-hybridized carbons (Fsp3) is 0.693. The summed E-state index contributed by atoms with van der Waals surface area (Å²) in [5.41, 5.74) is 0. The Hall–Kier alpha value is -4.31. The fourth-order valence-corrected chi connectivity index (χ4v) is 9.27. The molecule has 0 aromatic carbocycles. The minimum atomic E-state index is -1.63. The van der Waals surface area contributed by atoms with Gasteiger partial charge in [-0.2, -0.15) is 0 Å². The molecule has 0 saturated carbocycles. The molecule has 0 aromatic rings. The lowest BCUT2D eigenvalue weighted by Gasteiger charge is -2.26. The SMILES string of the molecule is CC/C=C\C/C=C\C/C=C\C/C=C\C/C=C\C/C=C\C/C=C\C/C=C\C/C=C\C/C=C\CCCCCCCCC(=O)OC(COC(=O)CCCCCCCCCCCCCCCCCCCCCCCC)COC(OCC[N+](C)(C)C)C(=O)[O-]. The number of carboxylic acids is 1. The molecule has 480 valence electrons. The highest BCUT2D eigenvalue weighted by atomic mass is 16.7. The Morgan fingerprint density at radius 3 is 1.01 bits per heavy atom. The van der Waals surface area contributed by atoms with E-state index in [0.717, 1.165) is 122 Å². The van der Waals surface area contributed by atoms with Crippen LogP contribution >= 0.6 is 0 Å². The van der Waals surface area contributed by atoms with Gasteiger partial charge in [-0.15, -0.1) is 0 Å². The number of nitrogens with zero attached hydrogens (tertiary/aromatic N) is 1. The van der Waals surface area contributed by atoms with E-state index in [1.807, 2.05) is 21.1 Å². The van der Waals surface area contributed by atoms with Gasteiger partial charge in [0.25, 0.3) is 0 Å². The van der Waals surface area contributed by atoms with Gasteiger partial charge < -0.3 is 33.3 Å². The van der Waals surface area contributed by atoms with Gasteiger partial charge in [-0.25, -0.2) is 0 Å². The number of carbonyl (C=O) groups excluding carboxylic acids is 3. The van der Waals surface area contributed by atoms with Crippen LogP contribution in [0.1, 0.15) is 277 Å². The Kier molecular flexibility index (Phi) is 61.4. The summed E-state index contributed by atoms with van der Waals surface area (Å²) in [7, 11) is 5.92. The first-order chi connectivity index (χ1) is 41.1. The first kappa shape index (κ1) is 79.7. The van der Waals surface area contributed by atoms with Crippen LogP contribution in [-0.2, 0) is 33.3 Å². The number of hydrogen-bond donors (Lipinski definition) is 0. The van der Waals surface area contributed by atoms with Gasteiger partial charge in [0.05, 0.1) is 40.3 Å². The number of esters is 2. The van der Waals surface area contributed by atoms with Crippen molar-refractivity contribution in [1.29, 1.82) is 0 Å². The van der Waals surface area contributed by atoms with E-state index in [-0.39, 0.29) is 38.6 Å². The van der Waals surface area contributed by atoms with E-state index >= 15 is 0 Å². The molecule has 0 fully saturated rings. The van der Waals surface area contributed by atoms with E-state index < -0.39 is 24.3 Å². The molecule has 0 amide bonds. The largest absolute Gasteiger partial charge is 0.545 e. The first-order valence-electron chi connectivity index (χ1n) is 34.2. The number of rotatable bonds is 62. The van der Waals surface area contributed by atoms with Gasteiger partial charge in [0, 0.05) is 12.8 Å². The van der Waals surface area contributed by atoms with Crippen molar-refractivity contribution in [2.24, 2.45) is 0 Å². The number of allylic oxidation sites excluding steroid dienone is 20. The van der Waals surface area contributed by atoms with Crippen LogP contribution in [0, 0.1) is 0 Å². The van der Waals surface area contributed by atoms with E-state index in [0.29, 0.717) is 17.4 Å². The molecule has 84 heavy (non-hydrogen) atoms. The molecule has 0 N–H and O–H groups in total. The van der Waals surface area contributed by atoms with Crippen LogP contribution in [0.2, 0.25) is 0 Å². The Morgan fingerprint density at radius 2 is 0.679 bits per heavy atom. The van der Waals surface area contributed by atoms with Crippen LogP contribution in [-0.4, -0.2) is 82.3 Å². The zero-order valence-corrected chi connectivity index (χ0v) is 54.7. The predicted molar refractivity (Wildman–Crippen MR) is 356 cm³/mol. The van der Waals surface area contributed by atoms with Crippen LogP contribution in [0.4, 0.5) is 0 Å². The Balaban J connectivity index is 4.21. The number of unbranched alkanes of at least 4 members (excludes halogenated alkanes) is 27.